The van der Waals surface area contributed by atoms with Gasteiger partial charge in [-0.3, -0.25) is 4.57 Å². The minimum atomic E-state index is 0.861. The van der Waals surface area contributed by atoms with Crippen molar-refractivity contribution in [1.29, 1.82) is 0 Å². The van der Waals surface area contributed by atoms with E-state index in [4.69, 9.17) is 8.83 Å². The predicted octanol–water partition coefficient (Wildman–Crippen LogP) is 17.0. The second kappa shape index (κ2) is 13.7. The van der Waals surface area contributed by atoms with Gasteiger partial charge in [-0.25, -0.2) is 0 Å². The van der Waals surface area contributed by atoms with Crippen molar-refractivity contribution in [1.82, 2.24) is 13.7 Å². The van der Waals surface area contributed by atoms with Gasteiger partial charge in [0.05, 0.1) is 33.0 Å². The van der Waals surface area contributed by atoms with Gasteiger partial charge >= 0.3 is 0 Å². The minimum Gasteiger partial charge on any atom is -0.456 e. The molecule has 312 valence electrons. The monoisotopic (exact) mass is 855 g/mol. The van der Waals surface area contributed by atoms with Crippen LogP contribution in [0.15, 0.2) is 233 Å². The Kier molecular flexibility index (Phi) is 7.44. The number of hydrogen-bond acceptors (Lipinski definition) is 2. The number of fused-ring (bicyclic) bond motifs is 14. The van der Waals surface area contributed by atoms with Gasteiger partial charge in [-0.05, 0) is 108 Å². The van der Waals surface area contributed by atoms with Crippen LogP contribution in [-0.2, 0) is 0 Å². The van der Waals surface area contributed by atoms with Crippen LogP contribution in [0.5, 0.6) is 0 Å². The SMILES string of the molecule is c1ccc(-n2c3ccccc3c3c4cccc(-c5ccc(-n6c7ccccc7c7cc(-c8ccc9c(c8)c8ccccc8n9-c8ccc9oc%10ccccc%10c9c8)ccc76)cc5)c4oc32)cc1. The fraction of sp³-hybridized carbons (Fsp3) is 0. The van der Waals surface area contributed by atoms with Crippen molar-refractivity contribution in [2.45, 2.75) is 0 Å². The highest BCUT2D eigenvalue weighted by molar-refractivity contribution is 6.22. The zero-order valence-corrected chi connectivity index (χ0v) is 36.0. The van der Waals surface area contributed by atoms with Crippen LogP contribution in [0, 0.1) is 0 Å². The second-order valence-corrected chi connectivity index (χ2v) is 17.6. The number of furan rings is 2. The summed E-state index contributed by atoms with van der Waals surface area (Å²) in [4.78, 5) is 0. The molecule has 0 radical (unpaired) electrons. The molecule has 0 amide bonds. The minimum absolute atomic E-state index is 0.861. The molecular weight excluding hydrogens is 819 g/mol. The summed E-state index contributed by atoms with van der Waals surface area (Å²) in [5.41, 5.74) is 17.2. The van der Waals surface area contributed by atoms with Gasteiger partial charge in [0.1, 0.15) is 16.7 Å². The van der Waals surface area contributed by atoms with E-state index >= 15 is 0 Å². The standard InChI is InChI=1S/C62H37N3O2/c1-2-13-41(14-3-1)65-55-23-10-6-18-48(55)60-49-20-12-19-44(61(49)67-62(60)65)38-25-29-42(30-26-38)63-53-21-8-4-15-45(53)50-35-39(27-32-56(50)63)40-28-33-57-51(36-40)46-16-5-9-22-54(46)64(57)43-31-34-59-52(37-43)47-17-7-11-24-58(47)66-59/h1-37H. The molecule has 0 atom stereocenters. The van der Waals surface area contributed by atoms with Gasteiger partial charge in [0.2, 0.25) is 5.71 Å². The fourth-order valence-corrected chi connectivity index (χ4v) is 11.1. The van der Waals surface area contributed by atoms with E-state index in [1.54, 1.807) is 0 Å². The molecule has 5 nitrogen and oxygen atoms in total. The molecule has 0 unspecified atom stereocenters. The third-order valence-electron chi connectivity index (χ3n) is 14.1. The van der Waals surface area contributed by atoms with E-state index in [2.05, 4.69) is 226 Å². The molecule has 5 heteroatoms. The highest BCUT2D eigenvalue weighted by Gasteiger charge is 2.22. The third kappa shape index (κ3) is 5.19. The van der Waals surface area contributed by atoms with E-state index in [-0.39, 0.29) is 0 Å². The van der Waals surface area contributed by atoms with E-state index in [1.807, 2.05) is 12.1 Å². The van der Waals surface area contributed by atoms with Crippen molar-refractivity contribution < 1.29 is 8.83 Å². The lowest BCUT2D eigenvalue weighted by Crippen LogP contribution is -1.94. The van der Waals surface area contributed by atoms with Crippen LogP contribution >= 0.6 is 0 Å². The van der Waals surface area contributed by atoms with Gasteiger partial charge in [-0.1, -0.05) is 133 Å². The van der Waals surface area contributed by atoms with Gasteiger partial charge in [0.25, 0.3) is 0 Å². The van der Waals surface area contributed by atoms with Gasteiger partial charge in [-0.2, -0.15) is 0 Å². The first kappa shape index (κ1) is 36.3. The number of aromatic nitrogens is 3. The smallest absolute Gasteiger partial charge is 0.213 e. The lowest BCUT2D eigenvalue weighted by molar-refractivity contribution is 0.646. The maximum absolute atomic E-state index is 6.92. The van der Waals surface area contributed by atoms with Crippen molar-refractivity contribution in [3.8, 4) is 39.3 Å². The van der Waals surface area contributed by atoms with Crippen LogP contribution in [0.25, 0.3) is 138 Å². The number of para-hydroxylation sites is 6. The summed E-state index contributed by atoms with van der Waals surface area (Å²) in [6.07, 6.45) is 0. The van der Waals surface area contributed by atoms with Gasteiger partial charge < -0.3 is 18.0 Å². The third-order valence-corrected chi connectivity index (χ3v) is 14.1. The summed E-state index contributed by atoms with van der Waals surface area (Å²) in [6.45, 7) is 0. The predicted molar refractivity (Wildman–Crippen MR) is 277 cm³/mol. The first-order valence-electron chi connectivity index (χ1n) is 22.8. The lowest BCUT2D eigenvalue weighted by atomic mass is 10.0. The first-order valence-corrected chi connectivity index (χ1v) is 22.8. The molecule has 10 aromatic carbocycles. The van der Waals surface area contributed by atoms with Crippen LogP contribution in [0.2, 0.25) is 0 Å². The molecule has 0 bridgehead atoms. The largest absolute Gasteiger partial charge is 0.456 e. The number of benzene rings is 10. The quantitative estimate of drug-likeness (QED) is 0.173. The molecule has 0 fully saturated rings. The second-order valence-electron chi connectivity index (χ2n) is 17.6. The van der Waals surface area contributed by atoms with Crippen LogP contribution in [0.4, 0.5) is 0 Å². The van der Waals surface area contributed by atoms with Gasteiger partial charge in [0.15, 0.2) is 0 Å². The number of hydrogen-bond donors (Lipinski definition) is 0. The molecule has 15 rings (SSSR count). The summed E-state index contributed by atoms with van der Waals surface area (Å²) < 4.78 is 20.1. The van der Waals surface area contributed by atoms with Crippen molar-refractivity contribution in [3.63, 3.8) is 0 Å². The molecule has 0 aliphatic carbocycles. The number of rotatable bonds is 5. The summed E-state index contributed by atoms with van der Waals surface area (Å²) in [5, 5.41) is 10.6. The van der Waals surface area contributed by atoms with Crippen LogP contribution in [-0.4, -0.2) is 13.7 Å². The normalized spacial score (nSPS) is 12.2. The molecule has 67 heavy (non-hydrogen) atoms. The Morgan fingerprint density at radius 2 is 0.776 bits per heavy atom. The summed E-state index contributed by atoms with van der Waals surface area (Å²) in [6, 6.07) is 80.7. The molecule has 0 saturated heterocycles. The van der Waals surface area contributed by atoms with Crippen molar-refractivity contribution >= 4 is 98.5 Å². The van der Waals surface area contributed by atoms with Crippen molar-refractivity contribution in [2.24, 2.45) is 0 Å². The van der Waals surface area contributed by atoms with E-state index in [0.717, 1.165) is 77.7 Å². The Hall–Kier alpha value is -9.06. The van der Waals surface area contributed by atoms with Crippen LogP contribution < -0.4 is 0 Å². The van der Waals surface area contributed by atoms with Crippen LogP contribution in [0.3, 0.4) is 0 Å². The Balaban J connectivity index is 0.831. The maximum atomic E-state index is 6.92. The van der Waals surface area contributed by atoms with E-state index in [1.165, 1.54) is 60.1 Å². The average molecular weight is 856 g/mol. The molecule has 15 aromatic rings. The molecule has 0 aliphatic rings. The average Bonchev–Trinajstić information content (AvgIpc) is 4.19. The zero-order valence-electron chi connectivity index (χ0n) is 36.0. The summed E-state index contributed by atoms with van der Waals surface area (Å²) in [5.74, 6) is 0. The Morgan fingerprint density at radius 1 is 0.269 bits per heavy atom. The molecular formula is C62H37N3O2. The summed E-state index contributed by atoms with van der Waals surface area (Å²) in [7, 11) is 0. The fourth-order valence-electron chi connectivity index (χ4n) is 11.1. The Labute approximate surface area is 383 Å². The number of nitrogens with zero attached hydrogens (tertiary/aromatic N) is 3. The molecule has 0 N–H and O–H groups in total. The molecule has 5 heterocycles. The van der Waals surface area contributed by atoms with Crippen LogP contribution in [0.1, 0.15) is 0 Å². The molecule has 0 spiro atoms. The van der Waals surface area contributed by atoms with E-state index in [9.17, 15) is 0 Å². The van der Waals surface area contributed by atoms with Crippen molar-refractivity contribution in [3.05, 3.63) is 224 Å². The Bertz CT molecular complexity index is 4500. The molecule has 0 saturated carbocycles. The zero-order chi connectivity index (χ0) is 43.7. The van der Waals surface area contributed by atoms with Gasteiger partial charge in [0, 0.05) is 65.7 Å². The summed E-state index contributed by atoms with van der Waals surface area (Å²) >= 11 is 0. The highest BCUT2D eigenvalue weighted by atomic mass is 16.3. The van der Waals surface area contributed by atoms with Crippen molar-refractivity contribution in [2.75, 3.05) is 0 Å². The maximum Gasteiger partial charge on any atom is 0.213 e. The van der Waals surface area contributed by atoms with E-state index in [0.29, 0.717) is 0 Å². The van der Waals surface area contributed by atoms with E-state index < -0.39 is 0 Å². The highest BCUT2D eigenvalue weighted by Crippen LogP contribution is 2.44. The Morgan fingerprint density at radius 3 is 1.48 bits per heavy atom. The van der Waals surface area contributed by atoms with Gasteiger partial charge in [-0.15, -0.1) is 0 Å². The lowest BCUT2D eigenvalue weighted by Gasteiger charge is -2.11. The molecule has 5 aromatic heterocycles. The molecule has 0 aliphatic heterocycles. The first-order chi connectivity index (χ1) is 33.2. The topological polar surface area (TPSA) is 41.1 Å².